The average molecular weight is 494 g/mol. The normalized spacial score (nSPS) is 13.7. The van der Waals surface area contributed by atoms with Crippen molar-refractivity contribution >= 4 is 39.2 Å². The second kappa shape index (κ2) is 10.2. The molecule has 8 nitrogen and oxygen atoms in total. The molecule has 0 radical (unpaired) electrons. The highest BCUT2D eigenvalue weighted by Crippen LogP contribution is 2.31. The number of carbonyl (C=O) groups excluding carboxylic acids is 2. The van der Waals surface area contributed by atoms with Crippen LogP contribution < -0.4 is 15.8 Å². The molecule has 180 valence electrons. The molecule has 10 heteroatoms. The van der Waals surface area contributed by atoms with Crippen LogP contribution in [0.3, 0.4) is 0 Å². The number of halogens is 1. The van der Waals surface area contributed by atoms with E-state index in [-0.39, 0.29) is 23.8 Å². The predicted octanol–water partition coefficient (Wildman–Crippen LogP) is 3.66. The van der Waals surface area contributed by atoms with E-state index in [0.29, 0.717) is 19.6 Å². The fourth-order valence-electron chi connectivity index (χ4n) is 4.09. The minimum absolute atomic E-state index is 0.111. The topological polar surface area (TPSA) is 99.4 Å². The van der Waals surface area contributed by atoms with E-state index in [1.807, 2.05) is 30.3 Å². The number of H-pyrrole nitrogens is 1. The van der Waals surface area contributed by atoms with Gasteiger partial charge in [0.05, 0.1) is 13.2 Å². The molecule has 0 bridgehead atoms. The summed E-state index contributed by atoms with van der Waals surface area (Å²) in [4.78, 5) is 34.8. The van der Waals surface area contributed by atoms with Crippen molar-refractivity contribution in [3.63, 3.8) is 0 Å². The summed E-state index contributed by atoms with van der Waals surface area (Å²) in [5.41, 5.74) is 8.59. The van der Waals surface area contributed by atoms with Gasteiger partial charge < -0.3 is 14.6 Å². The Kier molecular flexibility index (Phi) is 6.73. The van der Waals surface area contributed by atoms with E-state index in [9.17, 15) is 14.0 Å². The third-order valence-electron chi connectivity index (χ3n) is 5.85. The molecule has 5 rings (SSSR count). The van der Waals surface area contributed by atoms with Gasteiger partial charge in [-0.3, -0.25) is 20.4 Å². The summed E-state index contributed by atoms with van der Waals surface area (Å²) < 4.78 is 19.3. The van der Waals surface area contributed by atoms with E-state index < -0.39 is 5.91 Å². The number of aromatic nitrogens is 2. The molecule has 1 fully saturated rings. The van der Waals surface area contributed by atoms with Crippen LogP contribution in [0.4, 0.5) is 9.52 Å². The number of rotatable bonds is 6. The zero-order valence-corrected chi connectivity index (χ0v) is 19.7. The predicted molar refractivity (Wildman–Crippen MR) is 133 cm³/mol. The van der Waals surface area contributed by atoms with Crippen LogP contribution in [0.1, 0.15) is 22.5 Å². The Hall–Kier alpha value is -3.76. The fourth-order valence-corrected chi connectivity index (χ4v) is 4.95. The lowest BCUT2D eigenvalue weighted by Crippen LogP contribution is -2.42. The quantitative estimate of drug-likeness (QED) is 0.356. The molecule has 1 saturated heterocycles. The Morgan fingerprint density at radius 1 is 1.11 bits per heavy atom. The van der Waals surface area contributed by atoms with Crippen LogP contribution in [0.5, 0.6) is 0 Å². The van der Waals surface area contributed by atoms with Crippen molar-refractivity contribution in [3.05, 3.63) is 71.0 Å². The summed E-state index contributed by atoms with van der Waals surface area (Å²) in [5.74, 6) is -1.17. The second-order valence-corrected chi connectivity index (χ2v) is 8.99. The Morgan fingerprint density at radius 2 is 1.91 bits per heavy atom. The lowest BCUT2D eigenvalue weighted by molar-refractivity contribution is -0.121. The highest BCUT2D eigenvalue weighted by atomic mass is 32.1. The maximum Gasteiger partial charge on any atom is 0.289 e. The smallest absolute Gasteiger partial charge is 0.289 e. The minimum Gasteiger partial charge on any atom is -0.378 e. The number of anilines is 1. The van der Waals surface area contributed by atoms with Crippen molar-refractivity contribution in [1.29, 1.82) is 0 Å². The highest BCUT2D eigenvalue weighted by molar-refractivity contribution is 7.13. The second-order valence-electron chi connectivity index (χ2n) is 8.15. The number of nitrogens with one attached hydrogen (secondary N) is 3. The molecule has 2 amide bonds. The van der Waals surface area contributed by atoms with Gasteiger partial charge in [-0.05, 0) is 35.7 Å². The van der Waals surface area contributed by atoms with Crippen LogP contribution in [0.15, 0.2) is 53.9 Å². The molecule has 0 atom stereocenters. The van der Waals surface area contributed by atoms with Gasteiger partial charge in [0, 0.05) is 41.5 Å². The van der Waals surface area contributed by atoms with Gasteiger partial charge in [0.1, 0.15) is 11.5 Å². The Labute approximate surface area is 205 Å². The van der Waals surface area contributed by atoms with Gasteiger partial charge in [-0.25, -0.2) is 9.37 Å². The van der Waals surface area contributed by atoms with E-state index in [0.717, 1.165) is 45.9 Å². The van der Waals surface area contributed by atoms with Crippen LogP contribution in [0, 0.1) is 5.82 Å². The molecule has 3 N–H and O–H groups in total. The first-order valence-corrected chi connectivity index (χ1v) is 12.2. The summed E-state index contributed by atoms with van der Waals surface area (Å²) in [6.45, 7) is 2.72. The summed E-state index contributed by atoms with van der Waals surface area (Å²) in [5, 5.41) is 3.16. The Balaban J connectivity index is 1.23. The number of carbonyl (C=O) groups is 2. The first-order chi connectivity index (χ1) is 17.1. The first kappa shape index (κ1) is 23.0. The standard InChI is InChI=1S/C25H24FN5O3S/c26-17-6-8-20-19(14-17)18(23(27-20)16-4-2-1-3-5-16)7-9-22(32)29-30-24(33)21-15-35-25(28-21)31-10-12-34-13-11-31/h1-6,8,14-15,27H,7,9-13H2,(H,29,32)(H,30,33). The molecule has 0 saturated carbocycles. The molecular weight excluding hydrogens is 469 g/mol. The van der Waals surface area contributed by atoms with Crippen molar-refractivity contribution in [2.75, 3.05) is 31.2 Å². The van der Waals surface area contributed by atoms with Gasteiger partial charge in [-0.2, -0.15) is 0 Å². The fraction of sp³-hybridized carbons (Fsp3) is 0.240. The number of nitrogens with zero attached hydrogens (tertiary/aromatic N) is 2. The molecular formula is C25H24FN5O3S. The molecule has 0 spiro atoms. The molecule has 1 aliphatic rings. The number of fused-ring (bicyclic) bond motifs is 1. The largest absolute Gasteiger partial charge is 0.378 e. The SMILES string of the molecule is O=C(CCc1c(-c2ccccc2)[nH]c2ccc(F)cc12)NNC(=O)c1csc(N2CCOCC2)n1. The van der Waals surface area contributed by atoms with E-state index in [2.05, 4.69) is 25.7 Å². The lowest BCUT2D eigenvalue weighted by Gasteiger charge is -2.25. The molecule has 0 aliphatic carbocycles. The molecule has 1 aliphatic heterocycles. The molecule has 0 unspecified atom stereocenters. The van der Waals surface area contributed by atoms with E-state index in [1.54, 1.807) is 11.4 Å². The molecule has 4 aromatic rings. The summed E-state index contributed by atoms with van der Waals surface area (Å²) in [6, 6.07) is 14.3. The highest BCUT2D eigenvalue weighted by Gasteiger charge is 2.19. The number of hydrazine groups is 1. The molecule has 3 heterocycles. The molecule has 35 heavy (non-hydrogen) atoms. The van der Waals surface area contributed by atoms with Crippen LogP contribution in [0.2, 0.25) is 0 Å². The Morgan fingerprint density at radius 3 is 2.71 bits per heavy atom. The number of aromatic amines is 1. The van der Waals surface area contributed by atoms with Crippen molar-refractivity contribution in [2.24, 2.45) is 0 Å². The van der Waals surface area contributed by atoms with Gasteiger partial charge in [0.25, 0.3) is 5.91 Å². The number of benzene rings is 2. The van der Waals surface area contributed by atoms with Crippen LogP contribution >= 0.6 is 11.3 Å². The van der Waals surface area contributed by atoms with Gasteiger partial charge in [-0.1, -0.05) is 30.3 Å². The van der Waals surface area contributed by atoms with Gasteiger partial charge >= 0.3 is 0 Å². The van der Waals surface area contributed by atoms with Crippen molar-refractivity contribution in [3.8, 4) is 11.3 Å². The Bertz CT molecular complexity index is 1350. The number of hydrogen-bond donors (Lipinski definition) is 3. The maximum atomic E-state index is 14.0. The summed E-state index contributed by atoms with van der Waals surface area (Å²) in [6.07, 6.45) is 0.479. The number of thiazole rings is 1. The van der Waals surface area contributed by atoms with Crippen molar-refractivity contribution in [1.82, 2.24) is 20.8 Å². The van der Waals surface area contributed by atoms with Gasteiger partial charge in [-0.15, -0.1) is 11.3 Å². The number of aryl methyl sites for hydroxylation is 1. The van der Waals surface area contributed by atoms with Crippen LogP contribution in [-0.2, 0) is 16.0 Å². The first-order valence-electron chi connectivity index (χ1n) is 11.3. The van der Waals surface area contributed by atoms with E-state index >= 15 is 0 Å². The monoisotopic (exact) mass is 493 g/mol. The zero-order chi connectivity index (χ0) is 24.2. The maximum absolute atomic E-state index is 14.0. The van der Waals surface area contributed by atoms with Crippen molar-refractivity contribution in [2.45, 2.75) is 12.8 Å². The summed E-state index contributed by atoms with van der Waals surface area (Å²) >= 11 is 1.38. The lowest BCUT2D eigenvalue weighted by atomic mass is 10.0. The average Bonchev–Trinajstić information content (AvgIpc) is 3.52. The molecule has 2 aromatic carbocycles. The van der Waals surface area contributed by atoms with Gasteiger partial charge in [0.2, 0.25) is 5.91 Å². The number of amides is 2. The van der Waals surface area contributed by atoms with Crippen molar-refractivity contribution < 1.29 is 18.7 Å². The number of morpholine rings is 1. The third-order valence-corrected chi connectivity index (χ3v) is 6.76. The number of ether oxygens (including phenoxy) is 1. The molecule has 2 aromatic heterocycles. The van der Waals surface area contributed by atoms with Crippen LogP contribution in [0.25, 0.3) is 22.2 Å². The zero-order valence-electron chi connectivity index (χ0n) is 18.8. The minimum atomic E-state index is -0.478. The third kappa shape index (κ3) is 5.18. The summed E-state index contributed by atoms with van der Waals surface area (Å²) in [7, 11) is 0. The van der Waals surface area contributed by atoms with E-state index in [1.165, 1.54) is 23.5 Å². The number of hydrogen-bond acceptors (Lipinski definition) is 6. The van der Waals surface area contributed by atoms with Crippen LogP contribution in [-0.4, -0.2) is 48.1 Å². The van der Waals surface area contributed by atoms with Gasteiger partial charge in [0.15, 0.2) is 5.13 Å². The van der Waals surface area contributed by atoms with E-state index in [4.69, 9.17) is 4.74 Å².